The van der Waals surface area contributed by atoms with Gasteiger partial charge < -0.3 is 14.9 Å². The molecule has 33 heavy (non-hydrogen) atoms. The molecule has 0 spiro atoms. The van der Waals surface area contributed by atoms with Crippen LogP contribution in [0.4, 0.5) is 8.78 Å². The Morgan fingerprint density at radius 2 is 1.73 bits per heavy atom. The van der Waals surface area contributed by atoms with Crippen molar-refractivity contribution in [3.05, 3.63) is 59.7 Å². The molecule has 1 fully saturated rings. The zero-order valence-corrected chi connectivity index (χ0v) is 19.3. The van der Waals surface area contributed by atoms with Crippen molar-refractivity contribution in [2.45, 2.75) is 25.3 Å². The van der Waals surface area contributed by atoms with E-state index in [1.807, 2.05) is 11.8 Å². The predicted octanol–water partition coefficient (Wildman–Crippen LogP) is 3.98. The van der Waals surface area contributed by atoms with Crippen molar-refractivity contribution in [3.8, 4) is 11.1 Å². The molecule has 9 heteroatoms. The average molecular weight is 477 g/mol. The smallest absolute Gasteiger partial charge is 0.328 e. The summed E-state index contributed by atoms with van der Waals surface area (Å²) in [4.78, 5) is 30.2. The van der Waals surface area contributed by atoms with Gasteiger partial charge >= 0.3 is 5.97 Å². The van der Waals surface area contributed by atoms with E-state index in [9.17, 15) is 18.4 Å². The van der Waals surface area contributed by atoms with Crippen LogP contribution in [-0.4, -0.2) is 49.4 Å². The zero-order chi connectivity index (χ0) is 23.8. The van der Waals surface area contributed by atoms with E-state index < -0.39 is 29.6 Å². The number of thioether (sulfide) groups is 1. The molecular weight excluding hydrogens is 450 g/mol. The number of carbonyl (C=O) groups is 2. The third kappa shape index (κ3) is 6.31. The third-order valence-corrected chi connectivity index (χ3v) is 6.52. The first kappa shape index (κ1) is 24.7. The molecule has 0 bridgehead atoms. The minimum absolute atomic E-state index is 0.0422. The highest BCUT2D eigenvalue weighted by atomic mass is 32.2. The number of ether oxygens (including phenoxy) is 1. The number of nitrogens with zero attached hydrogens (tertiary/aromatic N) is 1. The maximum atomic E-state index is 14.1. The number of hydrogen-bond acceptors (Lipinski definition) is 6. The number of nitrogens with one attached hydrogen (secondary N) is 1. The molecule has 1 amide bonds. The van der Waals surface area contributed by atoms with E-state index in [1.165, 1.54) is 32.4 Å². The number of rotatable bonds is 8. The number of oxime groups is 1. The maximum Gasteiger partial charge on any atom is 0.328 e. The van der Waals surface area contributed by atoms with Crippen molar-refractivity contribution in [3.63, 3.8) is 0 Å². The molecule has 1 saturated heterocycles. The standard InChI is InChI=1S/C24H26F2N2O4S/c1-31-24(30)20(27-23(29)22(28-32-2)17-10-12-33-13-11-17)14-15-6-8-16(9-7-15)21-18(25)4-3-5-19(21)26/h3-9,17,20H,10-14H2,1-2H3,(H,27,29)/t20-/m0/s1. The molecule has 0 radical (unpaired) electrons. The van der Waals surface area contributed by atoms with Gasteiger partial charge in [-0.2, -0.15) is 11.8 Å². The highest BCUT2D eigenvalue weighted by Crippen LogP contribution is 2.27. The fourth-order valence-corrected chi connectivity index (χ4v) is 4.86. The predicted molar refractivity (Wildman–Crippen MR) is 124 cm³/mol. The first-order valence-electron chi connectivity index (χ1n) is 10.6. The number of carbonyl (C=O) groups excluding carboxylic acids is 2. The van der Waals surface area contributed by atoms with Gasteiger partial charge in [-0.15, -0.1) is 0 Å². The normalized spacial score (nSPS) is 15.6. The second kappa shape index (κ2) is 11.8. The van der Waals surface area contributed by atoms with E-state index in [1.54, 1.807) is 24.3 Å². The monoisotopic (exact) mass is 476 g/mol. The van der Waals surface area contributed by atoms with Crippen LogP contribution >= 0.6 is 11.8 Å². The van der Waals surface area contributed by atoms with Crippen molar-refractivity contribution in [2.75, 3.05) is 25.7 Å². The average Bonchev–Trinajstić information content (AvgIpc) is 2.83. The molecule has 1 N–H and O–H groups in total. The van der Waals surface area contributed by atoms with Crippen molar-refractivity contribution < 1.29 is 27.9 Å². The minimum atomic E-state index is -0.960. The quantitative estimate of drug-likeness (QED) is 0.354. The molecular formula is C24H26F2N2O4S. The number of amides is 1. The van der Waals surface area contributed by atoms with Crippen molar-refractivity contribution in [1.82, 2.24) is 5.32 Å². The van der Waals surface area contributed by atoms with E-state index in [2.05, 4.69) is 10.5 Å². The van der Waals surface area contributed by atoms with E-state index in [0.717, 1.165) is 24.3 Å². The lowest BCUT2D eigenvalue weighted by molar-refractivity contribution is -0.144. The summed E-state index contributed by atoms with van der Waals surface area (Å²) in [6.45, 7) is 0. The highest BCUT2D eigenvalue weighted by Gasteiger charge is 2.30. The Kier molecular flexibility index (Phi) is 8.82. The molecule has 6 nitrogen and oxygen atoms in total. The molecule has 3 rings (SSSR count). The van der Waals surface area contributed by atoms with E-state index >= 15 is 0 Å². The van der Waals surface area contributed by atoms with Crippen LogP contribution < -0.4 is 5.32 Å². The number of benzene rings is 2. The summed E-state index contributed by atoms with van der Waals surface area (Å²) >= 11 is 1.82. The Morgan fingerprint density at radius 3 is 2.30 bits per heavy atom. The lowest BCUT2D eigenvalue weighted by atomic mass is 9.95. The molecule has 0 aromatic heterocycles. The molecule has 1 atom stereocenters. The van der Waals surface area contributed by atoms with Crippen molar-refractivity contribution in [1.29, 1.82) is 0 Å². The highest BCUT2D eigenvalue weighted by molar-refractivity contribution is 7.99. The summed E-state index contributed by atoms with van der Waals surface area (Å²) in [5, 5.41) is 6.64. The number of halogens is 2. The van der Waals surface area contributed by atoms with E-state index in [0.29, 0.717) is 11.1 Å². The zero-order valence-electron chi connectivity index (χ0n) is 18.5. The molecule has 176 valence electrons. The largest absolute Gasteiger partial charge is 0.467 e. The van der Waals surface area contributed by atoms with Gasteiger partial charge in [0.15, 0.2) is 0 Å². The summed E-state index contributed by atoms with van der Waals surface area (Å²) < 4.78 is 33.0. The van der Waals surface area contributed by atoms with Gasteiger partial charge in [-0.05, 0) is 47.6 Å². The third-order valence-electron chi connectivity index (χ3n) is 5.47. The van der Waals surface area contributed by atoms with Gasteiger partial charge in [0, 0.05) is 12.3 Å². The molecule has 2 aromatic carbocycles. The second-order valence-electron chi connectivity index (χ2n) is 7.59. The SMILES string of the molecule is CON=C(C(=O)N[C@@H](Cc1ccc(-c2c(F)cccc2F)cc1)C(=O)OC)C1CCSCC1. The Balaban J connectivity index is 1.76. The summed E-state index contributed by atoms with van der Waals surface area (Å²) in [5.74, 6) is -0.592. The van der Waals surface area contributed by atoms with Crippen LogP contribution in [0.3, 0.4) is 0 Å². The summed E-state index contributed by atoms with van der Waals surface area (Å²) in [6, 6.07) is 9.20. The maximum absolute atomic E-state index is 14.1. The van der Waals surface area contributed by atoms with Gasteiger partial charge in [0.25, 0.3) is 5.91 Å². The summed E-state index contributed by atoms with van der Waals surface area (Å²) in [6.07, 6.45) is 1.74. The van der Waals surface area contributed by atoms with Crippen molar-refractivity contribution >= 4 is 29.4 Å². The molecule has 0 saturated carbocycles. The number of methoxy groups -OCH3 is 1. The number of hydrogen-bond donors (Lipinski definition) is 1. The van der Waals surface area contributed by atoms with Crippen LogP contribution in [0, 0.1) is 17.6 Å². The fraction of sp³-hybridized carbons (Fsp3) is 0.375. The van der Waals surface area contributed by atoms with Crippen LogP contribution in [0.5, 0.6) is 0 Å². The van der Waals surface area contributed by atoms with Gasteiger partial charge in [0.05, 0.1) is 12.7 Å². The fourth-order valence-electron chi connectivity index (χ4n) is 3.76. The van der Waals surface area contributed by atoms with E-state index in [4.69, 9.17) is 9.57 Å². The molecule has 1 heterocycles. The summed E-state index contributed by atoms with van der Waals surface area (Å²) in [7, 11) is 2.62. The molecule has 0 unspecified atom stereocenters. The van der Waals surface area contributed by atoms with Crippen LogP contribution in [0.25, 0.3) is 11.1 Å². The first-order valence-corrected chi connectivity index (χ1v) is 11.7. The second-order valence-corrected chi connectivity index (χ2v) is 8.82. The molecule has 2 aromatic rings. The summed E-state index contributed by atoms with van der Waals surface area (Å²) in [5.41, 5.74) is 1.20. The van der Waals surface area contributed by atoms with Crippen LogP contribution in [0.2, 0.25) is 0 Å². The molecule has 1 aliphatic heterocycles. The van der Waals surface area contributed by atoms with Gasteiger partial charge in [-0.25, -0.2) is 13.6 Å². The van der Waals surface area contributed by atoms with Gasteiger partial charge in [-0.3, -0.25) is 4.79 Å². The molecule has 1 aliphatic rings. The lowest BCUT2D eigenvalue weighted by Gasteiger charge is -2.23. The molecule has 0 aliphatic carbocycles. The van der Waals surface area contributed by atoms with Gasteiger partial charge in [-0.1, -0.05) is 35.5 Å². The Hall–Kier alpha value is -2.94. The number of esters is 1. The van der Waals surface area contributed by atoms with Gasteiger partial charge in [0.1, 0.15) is 30.5 Å². The van der Waals surface area contributed by atoms with E-state index in [-0.39, 0.29) is 23.6 Å². The van der Waals surface area contributed by atoms with Crippen LogP contribution in [-0.2, 0) is 25.6 Å². The van der Waals surface area contributed by atoms with Crippen molar-refractivity contribution in [2.24, 2.45) is 11.1 Å². The van der Waals surface area contributed by atoms with Crippen LogP contribution in [0.1, 0.15) is 18.4 Å². The Labute approximate surface area is 195 Å². The lowest BCUT2D eigenvalue weighted by Crippen LogP contribution is -2.47. The Bertz CT molecular complexity index is 988. The topological polar surface area (TPSA) is 77.0 Å². The van der Waals surface area contributed by atoms with Crippen LogP contribution in [0.15, 0.2) is 47.6 Å². The first-order chi connectivity index (χ1) is 15.9. The Morgan fingerprint density at radius 1 is 1.09 bits per heavy atom. The van der Waals surface area contributed by atoms with Gasteiger partial charge in [0.2, 0.25) is 0 Å². The minimum Gasteiger partial charge on any atom is -0.467 e.